The summed E-state index contributed by atoms with van der Waals surface area (Å²) in [6.45, 7) is 0.508. The Hall–Kier alpha value is -3.84. The standard InChI is InChI=1S/C26H23FN3O4P/c27-23-11-8-21(9-12-23)26-22(16-28-30(26)17-19-4-2-1-3-5-19)10-15-25(31)29-24-13-6-20(7-14-24)18-35(32,33)34/h1-16H,17-18H2,(H,29,31)(H2,32,33,34). The normalized spacial score (nSPS) is 11.6. The van der Waals surface area contributed by atoms with E-state index in [4.69, 9.17) is 9.79 Å². The maximum absolute atomic E-state index is 13.5. The van der Waals surface area contributed by atoms with Crippen LogP contribution in [0.4, 0.5) is 10.1 Å². The lowest BCUT2D eigenvalue weighted by atomic mass is 10.1. The molecule has 3 aromatic carbocycles. The second-order valence-corrected chi connectivity index (χ2v) is 9.59. The summed E-state index contributed by atoms with van der Waals surface area (Å²) in [7, 11) is -4.16. The molecule has 0 bridgehead atoms. The summed E-state index contributed by atoms with van der Waals surface area (Å²) in [5, 5.41) is 7.21. The van der Waals surface area contributed by atoms with Gasteiger partial charge in [-0.15, -0.1) is 0 Å². The molecule has 0 unspecified atom stereocenters. The van der Waals surface area contributed by atoms with Crippen molar-refractivity contribution in [2.24, 2.45) is 0 Å². The summed E-state index contributed by atoms with van der Waals surface area (Å²) in [4.78, 5) is 30.6. The molecular formula is C26H23FN3O4P. The first kappa shape index (κ1) is 24.3. The zero-order valence-corrected chi connectivity index (χ0v) is 19.5. The number of carbonyl (C=O) groups excluding carboxylic acids is 1. The summed E-state index contributed by atoms with van der Waals surface area (Å²) in [5.41, 5.74) is 4.23. The van der Waals surface area contributed by atoms with Gasteiger partial charge in [-0.2, -0.15) is 5.10 Å². The molecule has 0 aliphatic carbocycles. The highest BCUT2D eigenvalue weighted by Gasteiger charge is 2.14. The molecule has 1 amide bonds. The van der Waals surface area contributed by atoms with Crippen LogP contribution in [0.3, 0.4) is 0 Å². The Labute approximate surface area is 201 Å². The minimum absolute atomic E-state index is 0.342. The van der Waals surface area contributed by atoms with Crippen molar-refractivity contribution in [2.75, 3.05) is 5.32 Å². The molecule has 0 fully saturated rings. The van der Waals surface area contributed by atoms with Crippen molar-refractivity contribution in [1.82, 2.24) is 9.78 Å². The van der Waals surface area contributed by atoms with Gasteiger partial charge in [0.25, 0.3) is 0 Å². The number of carbonyl (C=O) groups is 1. The first-order chi connectivity index (χ1) is 16.8. The molecule has 35 heavy (non-hydrogen) atoms. The minimum atomic E-state index is -4.16. The zero-order chi connectivity index (χ0) is 24.8. The first-order valence-corrected chi connectivity index (χ1v) is 12.5. The number of rotatable bonds is 8. The summed E-state index contributed by atoms with van der Waals surface area (Å²) in [6, 6.07) is 22.2. The van der Waals surface area contributed by atoms with Crippen molar-refractivity contribution in [3.8, 4) is 11.3 Å². The first-order valence-electron chi connectivity index (χ1n) is 10.7. The van der Waals surface area contributed by atoms with E-state index in [9.17, 15) is 13.8 Å². The van der Waals surface area contributed by atoms with Crippen molar-refractivity contribution in [3.63, 3.8) is 0 Å². The van der Waals surface area contributed by atoms with Crippen LogP contribution >= 0.6 is 7.60 Å². The van der Waals surface area contributed by atoms with Gasteiger partial charge in [0.05, 0.1) is 24.6 Å². The Morgan fingerprint density at radius 2 is 1.66 bits per heavy atom. The van der Waals surface area contributed by atoms with Gasteiger partial charge in [0.2, 0.25) is 5.91 Å². The molecule has 0 atom stereocenters. The molecule has 0 aliphatic heterocycles. The van der Waals surface area contributed by atoms with Crippen LogP contribution in [-0.2, 0) is 22.1 Å². The van der Waals surface area contributed by atoms with Crippen LogP contribution in [-0.4, -0.2) is 25.5 Å². The third-order valence-electron chi connectivity index (χ3n) is 5.18. The Bertz CT molecular complexity index is 1380. The lowest BCUT2D eigenvalue weighted by Gasteiger charge is -2.09. The molecule has 0 aliphatic rings. The Balaban J connectivity index is 1.54. The largest absolute Gasteiger partial charge is 0.329 e. The molecule has 1 aromatic heterocycles. The average Bonchev–Trinajstić information content (AvgIpc) is 3.21. The summed E-state index contributed by atoms with van der Waals surface area (Å²) in [5.74, 6) is -0.722. The van der Waals surface area contributed by atoms with Crippen LogP contribution in [0.25, 0.3) is 17.3 Å². The van der Waals surface area contributed by atoms with Gasteiger partial charge in [-0.3, -0.25) is 14.0 Å². The van der Waals surface area contributed by atoms with Gasteiger partial charge >= 0.3 is 7.60 Å². The predicted molar refractivity (Wildman–Crippen MR) is 133 cm³/mol. The minimum Gasteiger partial charge on any atom is -0.324 e. The Kier molecular flexibility index (Phi) is 7.36. The van der Waals surface area contributed by atoms with Gasteiger partial charge in [-0.1, -0.05) is 42.5 Å². The van der Waals surface area contributed by atoms with Gasteiger partial charge in [-0.25, -0.2) is 4.39 Å². The van der Waals surface area contributed by atoms with E-state index < -0.39 is 7.60 Å². The maximum atomic E-state index is 13.5. The fourth-order valence-corrected chi connectivity index (χ4v) is 4.29. The maximum Gasteiger partial charge on any atom is 0.329 e. The molecule has 4 aromatic rings. The smallest absolute Gasteiger partial charge is 0.324 e. The molecule has 7 nitrogen and oxygen atoms in total. The van der Waals surface area contributed by atoms with Crippen molar-refractivity contribution >= 4 is 25.3 Å². The van der Waals surface area contributed by atoms with Crippen molar-refractivity contribution < 1.29 is 23.5 Å². The molecule has 0 spiro atoms. The van der Waals surface area contributed by atoms with Crippen molar-refractivity contribution in [1.29, 1.82) is 0 Å². The highest BCUT2D eigenvalue weighted by molar-refractivity contribution is 7.50. The fourth-order valence-electron chi connectivity index (χ4n) is 3.60. The average molecular weight is 491 g/mol. The molecule has 1 heterocycles. The van der Waals surface area contributed by atoms with E-state index in [2.05, 4.69) is 10.4 Å². The quantitative estimate of drug-likeness (QED) is 0.236. The van der Waals surface area contributed by atoms with Crippen LogP contribution in [0.5, 0.6) is 0 Å². The Morgan fingerprint density at radius 3 is 2.31 bits per heavy atom. The lowest BCUT2D eigenvalue weighted by Crippen LogP contribution is -2.07. The summed E-state index contributed by atoms with van der Waals surface area (Å²) in [6.07, 6.45) is 4.31. The number of nitrogens with zero attached hydrogens (tertiary/aromatic N) is 2. The van der Waals surface area contributed by atoms with E-state index in [-0.39, 0.29) is 17.9 Å². The topological polar surface area (TPSA) is 104 Å². The van der Waals surface area contributed by atoms with E-state index in [1.807, 2.05) is 30.3 Å². The van der Waals surface area contributed by atoms with Gasteiger partial charge < -0.3 is 15.1 Å². The molecule has 4 rings (SSSR count). The number of benzene rings is 3. The predicted octanol–water partition coefficient (Wildman–Crippen LogP) is 5.07. The third kappa shape index (κ3) is 6.83. The zero-order valence-electron chi connectivity index (χ0n) is 18.6. The van der Waals surface area contributed by atoms with Crippen LogP contribution < -0.4 is 5.32 Å². The molecule has 0 radical (unpaired) electrons. The van der Waals surface area contributed by atoms with Crippen LogP contribution in [0.1, 0.15) is 16.7 Å². The van der Waals surface area contributed by atoms with Crippen molar-refractivity contribution in [2.45, 2.75) is 12.7 Å². The second kappa shape index (κ2) is 10.6. The van der Waals surface area contributed by atoms with Crippen LogP contribution in [0.15, 0.2) is 91.1 Å². The van der Waals surface area contributed by atoms with Crippen LogP contribution in [0, 0.1) is 5.82 Å². The van der Waals surface area contributed by atoms with Gasteiger partial charge in [0.1, 0.15) is 5.82 Å². The number of hydrogen-bond acceptors (Lipinski definition) is 3. The highest BCUT2D eigenvalue weighted by atomic mass is 31.2. The van der Waals surface area contributed by atoms with Gasteiger partial charge in [0.15, 0.2) is 0 Å². The summed E-state index contributed by atoms with van der Waals surface area (Å²) >= 11 is 0. The lowest BCUT2D eigenvalue weighted by molar-refractivity contribution is -0.111. The van der Waals surface area contributed by atoms with E-state index in [0.717, 1.165) is 16.8 Å². The molecule has 178 valence electrons. The van der Waals surface area contributed by atoms with Gasteiger partial charge in [-0.05, 0) is 53.6 Å². The van der Waals surface area contributed by atoms with E-state index >= 15 is 0 Å². The number of amides is 1. The summed E-state index contributed by atoms with van der Waals surface area (Å²) < 4.78 is 26.4. The molecule has 3 N–H and O–H groups in total. The molecular weight excluding hydrogens is 468 g/mol. The van der Waals surface area contributed by atoms with E-state index in [0.29, 0.717) is 23.4 Å². The van der Waals surface area contributed by atoms with E-state index in [1.54, 1.807) is 53.4 Å². The second-order valence-electron chi connectivity index (χ2n) is 7.94. The molecule has 9 heteroatoms. The Morgan fingerprint density at radius 1 is 0.971 bits per heavy atom. The number of hydrogen-bond donors (Lipinski definition) is 3. The van der Waals surface area contributed by atoms with E-state index in [1.165, 1.54) is 18.2 Å². The monoisotopic (exact) mass is 491 g/mol. The van der Waals surface area contributed by atoms with Crippen LogP contribution in [0.2, 0.25) is 0 Å². The highest BCUT2D eigenvalue weighted by Crippen LogP contribution is 2.39. The number of halogens is 1. The third-order valence-corrected chi connectivity index (χ3v) is 5.96. The number of aromatic nitrogens is 2. The SMILES string of the molecule is O=C(C=Cc1cnn(Cc2ccccc2)c1-c1ccc(F)cc1)Nc1ccc(CP(=O)(O)O)cc1. The molecule has 0 saturated carbocycles. The van der Waals surface area contributed by atoms with Crippen molar-refractivity contribution in [3.05, 3.63) is 114 Å². The molecule has 0 saturated heterocycles. The van der Waals surface area contributed by atoms with Gasteiger partial charge in [0, 0.05) is 22.9 Å². The number of nitrogens with one attached hydrogen (secondary N) is 1. The fraction of sp³-hybridized carbons (Fsp3) is 0.0769. The number of anilines is 1.